The molecule has 1 heterocycles. The normalized spacial score (nSPS) is 10.8. The quantitative estimate of drug-likeness (QED) is 0.387. The Bertz CT molecular complexity index is 940. The second-order valence-electron chi connectivity index (χ2n) is 5.34. The number of hydrogen-bond donors (Lipinski definition) is 2. The molecule has 3 rings (SSSR count). The molecule has 7 heteroatoms. The summed E-state index contributed by atoms with van der Waals surface area (Å²) in [6.45, 7) is 0.191. The number of halogens is 1. The van der Waals surface area contributed by atoms with E-state index in [1.54, 1.807) is 54.6 Å². The number of para-hydroxylation sites is 2. The third-order valence-corrected chi connectivity index (χ3v) is 4.53. The topological polar surface area (TPSA) is 76.7 Å². The van der Waals surface area contributed by atoms with Gasteiger partial charge in [-0.25, -0.2) is 4.39 Å². The maximum Gasteiger partial charge on any atom is 0.265 e. The van der Waals surface area contributed by atoms with Crippen LogP contribution in [0.5, 0.6) is 0 Å². The van der Waals surface area contributed by atoms with E-state index in [9.17, 15) is 9.18 Å². The van der Waals surface area contributed by atoms with Gasteiger partial charge in [0, 0.05) is 10.4 Å². The molecule has 0 atom stereocenters. The number of thiophene rings is 1. The average molecular weight is 369 g/mol. The van der Waals surface area contributed by atoms with Crippen LogP contribution in [0, 0.1) is 5.82 Å². The Labute approximate surface area is 153 Å². The van der Waals surface area contributed by atoms with E-state index in [0.717, 1.165) is 4.88 Å². The molecule has 132 valence electrons. The largest absolute Gasteiger partial charge is 0.397 e. The van der Waals surface area contributed by atoms with E-state index in [-0.39, 0.29) is 18.3 Å². The number of hydrogen-bond acceptors (Lipinski definition) is 5. The molecule has 0 spiro atoms. The van der Waals surface area contributed by atoms with Crippen molar-refractivity contribution in [2.24, 2.45) is 5.16 Å². The number of nitrogens with one attached hydrogen (secondary N) is 1. The Balaban J connectivity index is 1.55. The van der Waals surface area contributed by atoms with E-state index in [0.29, 0.717) is 21.8 Å². The van der Waals surface area contributed by atoms with Crippen molar-refractivity contribution in [1.29, 1.82) is 0 Å². The molecule has 3 N–H and O–H groups in total. The zero-order valence-corrected chi connectivity index (χ0v) is 14.5. The van der Waals surface area contributed by atoms with Gasteiger partial charge in [-0.2, -0.15) is 0 Å². The van der Waals surface area contributed by atoms with Crippen molar-refractivity contribution in [3.8, 4) is 0 Å². The van der Waals surface area contributed by atoms with Crippen molar-refractivity contribution in [1.82, 2.24) is 0 Å². The zero-order chi connectivity index (χ0) is 18.4. The molecular weight excluding hydrogens is 353 g/mol. The van der Waals surface area contributed by atoms with Crippen LogP contribution in [0.3, 0.4) is 0 Å². The summed E-state index contributed by atoms with van der Waals surface area (Å²) in [6, 6.07) is 16.8. The SMILES string of the molecule is Nc1ccccc1NC(=O)c1ccc(CO/N=C/c2ccccc2F)s1. The molecule has 1 aromatic heterocycles. The van der Waals surface area contributed by atoms with Crippen molar-refractivity contribution < 1.29 is 14.0 Å². The molecule has 0 aliphatic heterocycles. The van der Waals surface area contributed by atoms with Crippen LogP contribution in [-0.4, -0.2) is 12.1 Å². The van der Waals surface area contributed by atoms with E-state index in [1.165, 1.54) is 23.6 Å². The number of nitrogen functional groups attached to an aromatic ring is 1. The lowest BCUT2D eigenvalue weighted by Crippen LogP contribution is -2.11. The highest BCUT2D eigenvalue weighted by Gasteiger charge is 2.11. The molecule has 0 bridgehead atoms. The van der Waals surface area contributed by atoms with Crippen LogP contribution in [0.1, 0.15) is 20.1 Å². The molecule has 0 fully saturated rings. The number of rotatable bonds is 6. The summed E-state index contributed by atoms with van der Waals surface area (Å²) in [5, 5.41) is 6.52. The third-order valence-electron chi connectivity index (χ3n) is 3.47. The highest BCUT2D eigenvalue weighted by atomic mass is 32.1. The molecule has 0 aliphatic carbocycles. The van der Waals surface area contributed by atoms with E-state index in [4.69, 9.17) is 10.6 Å². The standard InChI is InChI=1S/C19H16FN3O2S/c20-15-6-2-1-5-13(15)11-22-25-12-14-9-10-18(26-14)19(24)23-17-8-4-3-7-16(17)21/h1-11H,12,21H2,(H,23,24)/b22-11+. The number of nitrogens with two attached hydrogens (primary N) is 1. The van der Waals surface area contributed by atoms with Gasteiger partial charge in [0.25, 0.3) is 5.91 Å². The second-order valence-corrected chi connectivity index (χ2v) is 6.51. The molecule has 2 aromatic carbocycles. The lowest BCUT2D eigenvalue weighted by atomic mass is 10.2. The Morgan fingerprint density at radius 1 is 1.15 bits per heavy atom. The molecule has 26 heavy (non-hydrogen) atoms. The number of carbonyl (C=O) groups is 1. The first kappa shape index (κ1) is 17.6. The first-order valence-electron chi connectivity index (χ1n) is 7.78. The number of anilines is 2. The van der Waals surface area contributed by atoms with Crippen molar-refractivity contribution in [3.63, 3.8) is 0 Å². The van der Waals surface area contributed by atoms with Gasteiger partial charge < -0.3 is 15.9 Å². The maximum atomic E-state index is 13.4. The summed E-state index contributed by atoms with van der Waals surface area (Å²) in [5.41, 5.74) is 7.24. The van der Waals surface area contributed by atoms with Crippen molar-refractivity contribution in [2.75, 3.05) is 11.1 Å². The molecule has 3 aromatic rings. The minimum atomic E-state index is -0.366. The third kappa shape index (κ3) is 4.46. The van der Waals surface area contributed by atoms with E-state index >= 15 is 0 Å². The molecule has 5 nitrogen and oxygen atoms in total. The number of amides is 1. The second kappa shape index (κ2) is 8.26. The Morgan fingerprint density at radius 3 is 2.73 bits per heavy atom. The lowest BCUT2D eigenvalue weighted by Gasteiger charge is -2.06. The van der Waals surface area contributed by atoms with Gasteiger partial charge in [0.05, 0.1) is 22.5 Å². The Kier molecular flexibility index (Phi) is 5.60. The van der Waals surface area contributed by atoms with Crippen LogP contribution in [0.2, 0.25) is 0 Å². The van der Waals surface area contributed by atoms with Crippen LogP contribution in [-0.2, 0) is 11.4 Å². The molecule has 0 saturated heterocycles. The van der Waals surface area contributed by atoms with E-state index in [1.807, 2.05) is 0 Å². The fourth-order valence-corrected chi connectivity index (χ4v) is 2.96. The first-order valence-corrected chi connectivity index (χ1v) is 8.59. The van der Waals surface area contributed by atoms with Crippen LogP contribution in [0.4, 0.5) is 15.8 Å². The smallest absolute Gasteiger partial charge is 0.265 e. The molecule has 0 radical (unpaired) electrons. The minimum Gasteiger partial charge on any atom is -0.397 e. The zero-order valence-electron chi connectivity index (χ0n) is 13.7. The van der Waals surface area contributed by atoms with Gasteiger partial charge in [-0.1, -0.05) is 35.5 Å². The summed E-state index contributed by atoms with van der Waals surface area (Å²) in [6.07, 6.45) is 1.31. The minimum absolute atomic E-state index is 0.191. The lowest BCUT2D eigenvalue weighted by molar-refractivity contribution is 0.103. The van der Waals surface area contributed by atoms with Gasteiger partial charge in [0.1, 0.15) is 5.82 Å². The number of carbonyl (C=O) groups excluding carboxylic acids is 1. The first-order chi connectivity index (χ1) is 12.6. The van der Waals surface area contributed by atoms with Crippen molar-refractivity contribution in [3.05, 3.63) is 81.8 Å². The summed E-state index contributed by atoms with van der Waals surface area (Å²) in [5.74, 6) is -0.607. The fourth-order valence-electron chi connectivity index (χ4n) is 2.15. The van der Waals surface area contributed by atoms with Gasteiger partial charge in [0.15, 0.2) is 6.61 Å². The van der Waals surface area contributed by atoms with E-state index < -0.39 is 0 Å². The van der Waals surface area contributed by atoms with Gasteiger partial charge in [-0.15, -0.1) is 11.3 Å². The Hall–Kier alpha value is -3.19. The van der Waals surface area contributed by atoms with Crippen LogP contribution >= 0.6 is 11.3 Å². The molecule has 0 saturated carbocycles. The van der Waals surface area contributed by atoms with Crippen molar-refractivity contribution >= 4 is 34.8 Å². The fraction of sp³-hybridized carbons (Fsp3) is 0.0526. The molecule has 0 unspecified atom stereocenters. The number of nitrogens with zero attached hydrogens (tertiary/aromatic N) is 1. The molecular formula is C19H16FN3O2S. The van der Waals surface area contributed by atoms with Crippen molar-refractivity contribution in [2.45, 2.75) is 6.61 Å². The predicted molar refractivity (Wildman–Crippen MR) is 102 cm³/mol. The number of oxime groups is 1. The van der Waals surface area contributed by atoms with Gasteiger partial charge >= 0.3 is 0 Å². The average Bonchev–Trinajstić information content (AvgIpc) is 3.11. The van der Waals surface area contributed by atoms with Crippen LogP contribution in [0.15, 0.2) is 65.8 Å². The predicted octanol–water partition coefficient (Wildman–Crippen LogP) is 4.27. The monoisotopic (exact) mass is 369 g/mol. The molecule has 1 amide bonds. The Morgan fingerprint density at radius 2 is 1.92 bits per heavy atom. The van der Waals surface area contributed by atoms with Gasteiger partial charge in [-0.3, -0.25) is 4.79 Å². The summed E-state index contributed by atoms with van der Waals surface area (Å²) >= 11 is 1.29. The number of benzene rings is 2. The van der Waals surface area contributed by atoms with Gasteiger partial charge in [0.2, 0.25) is 0 Å². The summed E-state index contributed by atoms with van der Waals surface area (Å²) in [7, 11) is 0. The summed E-state index contributed by atoms with van der Waals surface area (Å²) in [4.78, 5) is 18.8. The highest BCUT2D eigenvalue weighted by Crippen LogP contribution is 2.22. The van der Waals surface area contributed by atoms with Crippen LogP contribution in [0.25, 0.3) is 0 Å². The van der Waals surface area contributed by atoms with E-state index in [2.05, 4.69) is 10.5 Å². The molecule has 0 aliphatic rings. The van der Waals surface area contributed by atoms with Crippen LogP contribution < -0.4 is 11.1 Å². The highest BCUT2D eigenvalue weighted by molar-refractivity contribution is 7.14. The summed E-state index contributed by atoms with van der Waals surface area (Å²) < 4.78 is 13.4. The maximum absolute atomic E-state index is 13.4. The van der Waals surface area contributed by atoms with Gasteiger partial charge in [-0.05, 0) is 30.3 Å².